The molecule has 1 aromatic carbocycles. The highest BCUT2D eigenvalue weighted by Gasteiger charge is 2.33. The third kappa shape index (κ3) is 2.58. The normalized spacial score (nSPS) is 29.9. The Hall–Kier alpha value is -1.39. The van der Waals surface area contributed by atoms with Gasteiger partial charge in [0.2, 0.25) is 5.91 Å². The van der Waals surface area contributed by atoms with E-state index in [0.29, 0.717) is 13.1 Å². The summed E-state index contributed by atoms with van der Waals surface area (Å²) >= 11 is 0. The van der Waals surface area contributed by atoms with E-state index in [0.717, 1.165) is 18.5 Å². The fraction of sp³-hybridized carbons (Fsp3) is 0.562. The lowest BCUT2D eigenvalue weighted by Gasteiger charge is -2.38. The first-order chi connectivity index (χ1) is 9.65. The summed E-state index contributed by atoms with van der Waals surface area (Å²) in [5.74, 6) is 0.180. The average molecular weight is 274 g/mol. The van der Waals surface area contributed by atoms with Crippen LogP contribution in [0.25, 0.3) is 0 Å². The van der Waals surface area contributed by atoms with Gasteiger partial charge in [-0.05, 0) is 31.4 Å². The van der Waals surface area contributed by atoms with Gasteiger partial charge in [-0.15, -0.1) is 0 Å². The highest BCUT2D eigenvalue weighted by atomic mass is 16.5. The molecule has 3 atom stereocenters. The summed E-state index contributed by atoms with van der Waals surface area (Å²) < 4.78 is 5.71. The summed E-state index contributed by atoms with van der Waals surface area (Å²) in [5, 5.41) is 3.37. The molecule has 2 aliphatic rings. The number of fused-ring (bicyclic) bond motifs is 1. The maximum absolute atomic E-state index is 12.8. The summed E-state index contributed by atoms with van der Waals surface area (Å²) in [7, 11) is 0. The van der Waals surface area contributed by atoms with Crippen molar-refractivity contribution in [1.29, 1.82) is 0 Å². The Kier molecular flexibility index (Phi) is 3.76. The van der Waals surface area contributed by atoms with Gasteiger partial charge >= 0.3 is 0 Å². The van der Waals surface area contributed by atoms with Crippen LogP contribution in [0.3, 0.4) is 0 Å². The van der Waals surface area contributed by atoms with Crippen molar-refractivity contribution >= 4 is 5.91 Å². The fourth-order valence-electron chi connectivity index (χ4n) is 3.27. The Balaban J connectivity index is 1.81. The Morgan fingerprint density at radius 1 is 1.25 bits per heavy atom. The van der Waals surface area contributed by atoms with Crippen LogP contribution in [0.4, 0.5) is 0 Å². The largest absolute Gasteiger partial charge is 0.372 e. The van der Waals surface area contributed by atoms with E-state index in [1.807, 2.05) is 30.9 Å². The summed E-state index contributed by atoms with van der Waals surface area (Å²) in [4.78, 5) is 14.8. The van der Waals surface area contributed by atoms with E-state index >= 15 is 0 Å². The zero-order valence-corrected chi connectivity index (χ0v) is 12.1. The number of benzene rings is 1. The van der Waals surface area contributed by atoms with Crippen LogP contribution in [-0.4, -0.2) is 42.6 Å². The summed E-state index contributed by atoms with van der Waals surface area (Å²) in [6.45, 7) is 6.28. The lowest BCUT2D eigenvalue weighted by atomic mass is 9.93. The number of hydrogen-bond donors (Lipinski definition) is 1. The number of nitrogens with zero attached hydrogens (tertiary/aromatic N) is 1. The molecule has 4 nitrogen and oxygen atoms in total. The summed E-state index contributed by atoms with van der Waals surface area (Å²) in [6.07, 6.45) is 1.22. The lowest BCUT2D eigenvalue weighted by molar-refractivity contribution is -0.145. The second-order valence-corrected chi connectivity index (χ2v) is 5.84. The molecule has 1 N–H and O–H groups in total. The van der Waals surface area contributed by atoms with Crippen molar-refractivity contribution in [3.8, 4) is 0 Å². The van der Waals surface area contributed by atoms with Gasteiger partial charge in [-0.3, -0.25) is 4.79 Å². The molecule has 3 rings (SSSR count). The van der Waals surface area contributed by atoms with E-state index in [-0.39, 0.29) is 24.2 Å². The molecule has 108 valence electrons. The van der Waals surface area contributed by atoms with E-state index < -0.39 is 0 Å². The standard InChI is InChI=1S/C16H22N2O2/c1-11-9-18(10-12(2)20-11)16(19)15-14-6-4-3-5-13(14)7-8-17-15/h3-6,11-12,15,17H,7-10H2,1-2H3/t11-,12+,15?. The number of ether oxygens (including phenoxy) is 1. The lowest BCUT2D eigenvalue weighted by Crippen LogP contribution is -2.52. The second-order valence-electron chi connectivity index (χ2n) is 5.84. The molecule has 2 aliphatic heterocycles. The minimum Gasteiger partial charge on any atom is -0.372 e. The molecule has 0 spiro atoms. The van der Waals surface area contributed by atoms with Gasteiger partial charge in [0.1, 0.15) is 6.04 Å². The van der Waals surface area contributed by atoms with Crippen LogP contribution in [0, 0.1) is 0 Å². The van der Waals surface area contributed by atoms with Gasteiger partial charge in [0.25, 0.3) is 0 Å². The molecular formula is C16H22N2O2. The number of morpholine rings is 1. The van der Waals surface area contributed by atoms with Crippen LogP contribution < -0.4 is 5.32 Å². The zero-order chi connectivity index (χ0) is 14.1. The summed E-state index contributed by atoms with van der Waals surface area (Å²) in [5.41, 5.74) is 2.43. The molecule has 1 amide bonds. The van der Waals surface area contributed by atoms with Crippen molar-refractivity contribution in [2.45, 2.75) is 38.5 Å². The van der Waals surface area contributed by atoms with Gasteiger partial charge in [0, 0.05) is 19.6 Å². The molecule has 0 aromatic heterocycles. The van der Waals surface area contributed by atoms with Gasteiger partial charge in [0.15, 0.2) is 0 Å². The number of carbonyl (C=O) groups is 1. The fourth-order valence-corrected chi connectivity index (χ4v) is 3.27. The van der Waals surface area contributed by atoms with E-state index in [2.05, 4.69) is 17.4 Å². The van der Waals surface area contributed by atoms with Crippen LogP contribution in [0.15, 0.2) is 24.3 Å². The van der Waals surface area contributed by atoms with Gasteiger partial charge < -0.3 is 15.0 Å². The number of amides is 1. The first-order valence-electron chi connectivity index (χ1n) is 7.40. The van der Waals surface area contributed by atoms with Gasteiger partial charge in [-0.25, -0.2) is 0 Å². The monoisotopic (exact) mass is 274 g/mol. The Labute approximate surface area is 120 Å². The smallest absolute Gasteiger partial charge is 0.244 e. The van der Waals surface area contributed by atoms with Crippen molar-refractivity contribution < 1.29 is 9.53 Å². The molecule has 20 heavy (non-hydrogen) atoms. The van der Waals surface area contributed by atoms with E-state index in [1.54, 1.807) is 0 Å². The predicted octanol–water partition coefficient (Wildman–Crippen LogP) is 1.51. The quantitative estimate of drug-likeness (QED) is 0.844. The van der Waals surface area contributed by atoms with Crippen LogP contribution >= 0.6 is 0 Å². The van der Waals surface area contributed by atoms with Crippen LogP contribution in [0.5, 0.6) is 0 Å². The maximum atomic E-state index is 12.8. The Bertz CT molecular complexity index is 493. The van der Waals surface area contributed by atoms with Crippen molar-refractivity contribution in [2.75, 3.05) is 19.6 Å². The molecule has 2 heterocycles. The Morgan fingerprint density at radius 3 is 2.70 bits per heavy atom. The van der Waals surface area contributed by atoms with E-state index in [1.165, 1.54) is 5.56 Å². The maximum Gasteiger partial charge on any atom is 0.244 e. The summed E-state index contributed by atoms with van der Waals surface area (Å²) in [6, 6.07) is 8.05. The van der Waals surface area contributed by atoms with Crippen LogP contribution in [0.1, 0.15) is 31.0 Å². The zero-order valence-electron chi connectivity index (χ0n) is 12.1. The Morgan fingerprint density at radius 2 is 1.95 bits per heavy atom. The van der Waals surface area contributed by atoms with E-state index in [9.17, 15) is 4.79 Å². The molecular weight excluding hydrogens is 252 g/mol. The van der Waals surface area contributed by atoms with Gasteiger partial charge in [0.05, 0.1) is 12.2 Å². The highest BCUT2D eigenvalue weighted by molar-refractivity contribution is 5.84. The van der Waals surface area contributed by atoms with Gasteiger partial charge in [-0.2, -0.15) is 0 Å². The minimum atomic E-state index is -0.197. The molecule has 0 saturated carbocycles. The van der Waals surface area contributed by atoms with Crippen LogP contribution in [0.2, 0.25) is 0 Å². The molecule has 1 unspecified atom stereocenters. The molecule has 1 fully saturated rings. The topological polar surface area (TPSA) is 41.6 Å². The van der Waals surface area contributed by atoms with Crippen molar-refractivity contribution in [1.82, 2.24) is 10.2 Å². The molecule has 4 heteroatoms. The predicted molar refractivity (Wildman–Crippen MR) is 77.5 cm³/mol. The average Bonchev–Trinajstić information content (AvgIpc) is 2.45. The number of hydrogen-bond acceptors (Lipinski definition) is 3. The minimum absolute atomic E-state index is 0.113. The number of carbonyl (C=O) groups excluding carboxylic acids is 1. The van der Waals surface area contributed by atoms with Crippen molar-refractivity contribution in [3.63, 3.8) is 0 Å². The number of nitrogens with one attached hydrogen (secondary N) is 1. The van der Waals surface area contributed by atoms with E-state index in [4.69, 9.17) is 4.74 Å². The van der Waals surface area contributed by atoms with Crippen molar-refractivity contribution in [2.24, 2.45) is 0 Å². The molecule has 1 saturated heterocycles. The van der Waals surface area contributed by atoms with Gasteiger partial charge in [-0.1, -0.05) is 24.3 Å². The first kappa shape index (κ1) is 13.6. The van der Waals surface area contributed by atoms with Crippen LogP contribution in [-0.2, 0) is 16.0 Å². The second kappa shape index (κ2) is 5.54. The first-order valence-corrected chi connectivity index (χ1v) is 7.40. The molecule has 0 bridgehead atoms. The molecule has 1 aromatic rings. The molecule has 0 aliphatic carbocycles. The van der Waals surface area contributed by atoms with Crippen molar-refractivity contribution in [3.05, 3.63) is 35.4 Å². The molecule has 0 radical (unpaired) electrons. The third-order valence-electron chi connectivity index (χ3n) is 4.09. The highest BCUT2D eigenvalue weighted by Crippen LogP contribution is 2.25. The SMILES string of the molecule is C[C@@H]1CN(C(=O)C2NCCc3ccccc32)C[C@H](C)O1. The third-order valence-corrected chi connectivity index (χ3v) is 4.09. The number of rotatable bonds is 1.